The Balaban J connectivity index is 1.57. The molecule has 2 aromatic rings. The van der Waals surface area contributed by atoms with E-state index in [1.165, 1.54) is 12.1 Å². The van der Waals surface area contributed by atoms with Crippen molar-refractivity contribution in [2.45, 2.75) is 30.2 Å². The van der Waals surface area contributed by atoms with E-state index in [1.807, 2.05) is 25.2 Å². The highest BCUT2D eigenvalue weighted by molar-refractivity contribution is 6.42. The fourth-order valence-electron chi connectivity index (χ4n) is 4.76. The Morgan fingerprint density at radius 2 is 1.96 bits per heavy atom. The van der Waals surface area contributed by atoms with Gasteiger partial charge in [0.25, 0.3) is 0 Å². The van der Waals surface area contributed by atoms with Crippen molar-refractivity contribution >= 4 is 40.5 Å². The first-order chi connectivity index (χ1) is 13.4. The molecule has 5 rings (SSSR count). The predicted molar refractivity (Wildman–Crippen MR) is 110 cm³/mol. The monoisotopic (exact) mass is 419 g/mol. The third-order valence-electron chi connectivity index (χ3n) is 6.40. The van der Waals surface area contributed by atoms with Crippen molar-refractivity contribution in [2.24, 2.45) is 0 Å². The minimum absolute atomic E-state index is 0.167. The van der Waals surface area contributed by atoms with Crippen molar-refractivity contribution in [1.29, 1.82) is 0 Å². The van der Waals surface area contributed by atoms with E-state index in [9.17, 15) is 9.18 Å². The number of hydrogen-bond acceptors (Lipinski definition) is 3. The number of carbonyl (C=O) groups is 1. The van der Waals surface area contributed by atoms with Crippen LogP contribution in [0.1, 0.15) is 30.4 Å². The molecule has 3 aliphatic rings. The predicted octanol–water partition coefficient (Wildman–Crippen LogP) is 4.44. The summed E-state index contributed by atoms with van der Waals surface area (Å²) in [6.07, 6.45) is 2.49. The molecule has 1 atom stereocenters. The molecular weight excluding hydrogens is 400 g/mol. The van der Waals surface area contributed by atoms with Crippen LogP contribution < -0.4 is 15.5 Å². The molecule has 28 heavy (non-hydrogen) atoms. The van der Waals surface area contributed by atoms with Crippen LogP contribution in [0.3, 0.4) is 0 Å². The van der Waals surface area contributed by atoms with Gasteiger partial charge in [-0.15, -0.1) is 0 Å². The molecule has 1 saturated heterocycles. The van der Waals surface area contributed by atoms with Crippen molar-refractivity contribution in [1.82, 2.24) is 5.32 Å². The fourth-order valence-corrected chi connectivity index (χ4v) is 5.25. The van der Waals surface area contributed by atoms with Crippen molar-refractivity contribution < 1.29 is 9.18 Å². The summed E-state index contributed by atoms with van der Waals surface area (Å²) in [5.41, 5.74) is 2.21. The summed E-state index contributed by atoms with van der Waals surface area (Å²) >= 11 is 12.6. The average Bonchev–Trinajstić information content (AvgIpc) is 3.31. The first-order valence-corrected chi connectivity index (χ1v) is 10.2. The molecule has 1 aliphatic carbocycles. The van der Waals surface area contributed by atoms with Crippen LogP contribution >= 0.6 is 23.2 Å². The van der Waals surface area contributed by atoms with Crippen LogP contribution in [0.25, 0.3) is 0 Å². The zero-order valence-electron chi connectivity index (χ0n) is 15.4. The van der Waals surface area contributed by atoms with Gasteiger partial charge >= 0.3 is 0 Å². The molecule has 4 nitrogen and oxygen atoms in total. The number of anilines is 2. The molecule has 0 radical (unpaired) electrons. The third-order valence-corrected chi connectivity index (χ3v) is 7.20. The second kappa shape index (κ2) is 6.09. The Hall–Kier alpha value is -1.82. The van der Waals surface area contributed by atoms with Crippen LogP contribution in [-0.2, 0) is 15.7 Å². The first kappa shape index (κ1) is 18.2. The Labute approximate surface area is 173 Å². The van der Waals surface area contributed by atoms with E-state index in [0.717, 1.165) is 36.3 Å². The van der Waals surface area contributed by atoms with Gasteiger partial charge in [-0.2, -0.15) is 0 Å². The van der Waals surface area contributed by atoms with Crippen molar-refractivity contribution in [3.05, 3.63) is 57.3 Å². The van der Waals surface area contributed by atoms with Crippen LogP contribution in [0.5, 0.6) is 0 Å². The molecule has 2 heterocycles. The number of amides is 1. The number of carbonyl (C=O) groups excluding carboxylic acids is 1. The van der Waals surface area contributed by atoms with E-state index < -0.39 is 5.54 Å². The van der Waals surface area contributed by atoms with Gasteiger partial charge in [0.1, 0.15) is 5.82 Å². The third kappa shape index (κ3) is 2.43. The molecule has 2 fully saturated rings. The molecule has 0 bridgehead atoms. The maximum atomic E-state index is 14.8. The number of halogens is 3. The second-order valence-electron chi connectivity index (χ2n) is 8.03. The average molecular weight is 420 g/mol. The lowest BCUT2D eigenvalue weighted by Crippen LogP contribution is -2.39. The molecule has 2 aliphatic heterocycles. The van der Waals surface area contributed by atoms with Gasteiger partial charge in [-0.3, -0.25) is 4.79 Å². The lowest BCUT2D eigenvalue weighted by molar-refractivity contribution is -0.119. The van der Waals surface area contributed by atoms with Crippen LogP contribution in [0.15, 0.2) is 30.3 Å². The van der Waals surface area contributed by atoms with Gasteiger partial charge in [-0.05, 0) is 55.6 Å². The van der Waals surface area contributed by atoms with Crippen LogP contribution in [0.4, 0.5) is 15.8 Å². The first-order valence-electron chi connectivity index (χ1n) is 9.44. The summed E-state index contributed by atoms with van der Waals surface area (Å²) in [4.78, 5) is 14.4. The minimum Gasteiger partial charge on any atom is -0.374 e. The molecular formula is C21H20Cl2FN3O. The maximum Gasteiger partial charge on any atom is 0.237 e. The Bertz CT molecular complexity index is 999. The number of likely N-dealkylation sites (N-methyl/N-ethyl adjacent to an activating group) is 1. The summed E-state index contributed by atoms with van der Waals surface area (Å²) in [7, 11) is 1.82. The van der Waals surface area contributed by atoms with E-state index in [1.54, 1.807) is 4.90 Å². The van der Waals surface area contributed by atoms with Crippen LogP contribution in [0.2, 0.25) is 10.0 Å². The number of benzene rings is 2. The molecule has 0 aromatic heterocycles. The summed E-state index contributed by atoms with van der Waals surface area (Å²) in [5.74, 6) is -0.211. The summed E-state index contributed by atoms with van der Waals surface area (Å²) in [5, 5.41) is 7.38. The highest BCUT2D eigenvalue weighted by Gasteiger charge is 2.58. The Morgan fingerprint density at radius 1 is 1.18 bits per heavy atom. The molecule has 7 heteroatoms. The van der Waals surface area contributed by atoms with Gasteiger partial charge in [0.15, 0.2) is 0 Å². The Kier molecular flexibility index (Phi) is 3.96. The lowest BCUT2D eigenvalue weighted by atomic mass is 9.87. The van der Waals surface area contributed by atoms with Gasteiger partial charge < -0.3 is 15.5 Å². The number of rotatable bonds is 3. The topological polar surface area (TPSA) is 44.4 Å². The zero-order chi connectivity index (χ0) is 19.7. The van der Waals surface area contributed by atoms with E-state index in [2.05, 4.69) is 10.6 Å². The van der Waals surface area contributed by atoms with E-state index >= 15 is 0 Å². The van der Waals surface area contributed by atoms with E-state index in [4.69, 9.17) is 23.2 Å². The number of hydrogen-bond donors (Lipinski definition) is 2. The number of nitrogens with one attached hydrogen (secondary N) is 2. The molecule has 1 saturated carbocycles. The lowest BCUT2D eigenvalue weighted by Gasteiger charge is -2.33. The van der Waals surface area contributed by atoms with Gasteiger partial charge in [0.2, 0.25) is 5.91 Å². The quantitative estimate of drug-likeness (QED) is 0.722. The van der Waals surface area contributed by atoms with Crippen LogP contribution in [-0.4, -0.2) is 26.0 Å². The standard InChI is InChI=1S/C21H20Cl2FN3O/c1-27-16-10-12(2-3-13(16)20(6-7-20)19(27)28)26-21(8-9-25-11-21)17-15(24)5-4-14(22)18(17)23/h2-5,10,25-26H,6-9,11H2,1H3/t21-/m1/s1. The Morgan fingerprint density at radius 3 is 2.64 bits per heavy atom. The highest BCUT2D eigenvalue weighted by atomic mass is 35.5. The van der Waals surface area contributed by atoms with Gasteiger partial charge in [-0.25, -0.2) is 4.39 Å². The normalized spacial score (nSPS) is 24.7. The minimum atomic E-state index is -0.710. The molecule has 146 valence electrons. The second-order valence-corrected chi connectivity index (χ2v) is 8.82. The summed E-state index contributed by atoms with van der Waals surface area (Å²) < 4.78 is 14.8. The van der Waals surface area contributed by atoms with E-state index in [0.29, 0.717) is 23.6 Å². The fraction of sp³-hybridized carbons (Fsp3) is 0.381. The smallest absolute Gasteiger partial charge is 0.237 e. The molecule has 2 N–H and O–H groups in total. The van der Waals surface area contributed by atoms with E-state index in [-0.39, 0.29) is 22.2 Å². The molecule has 0 unspecified atom stereocenters. The SMILES string of the molecule is CN1C(=O)C2(CC2)c2ccc(N[C@]3(c4c(F)ccc(Cl)c4Cl)CCNC3)cc21. The summed E-state index contributed by atoms with van der Waals surface area (Å²) in [6.45, 7) is 1.27. The van der Waals surface area contributed by atoms with Gasteiger partial charge in [-0.1, -0.05) is 29.3 Å². The van der Waals surface area contributed by atoms with Crippen molar-refractivity contribution in [3.8, 4) is 0 Å². The van der Waals surface area contributed by atoms with Crippen molar-refractivity contribution in [2.75, 3.05) is 30.4 Å². The highest BCUT2D eigenvalue weighted by Crippen LogP contribution is 2.57. The summed E-state index contributed by atoms with van der Waals surface area (Å²) in [6, 6.07) is 8.82. The van der Waals surface area contributed by atoms with Gasteiger partial charge in [0, 0.05) is 30.5 Å². The molecule has 1 spiro atoms. The number of nitrogens with zero attached hydrogens (tertiary/aromatic N) is 1. The van der Waals surface area contributed by atoms with Crippen LogP contribution in [0, 0.1) is 5.82 Å². The largest absolute Gasteiger partial charge is 0.374 e. The molecule has 1 amide bonds. The zero-order valence-corrected chi connectivity index (χ0v) is 16.9. The van der Waals surface area contributed by atoms with Crippen molar-refractivity contribution in [3.63, 3.8) is 0 Å². The van der Waals surface area contributed by atoms with Gasteiger partial charge in [0.05, 0.1) is 21.0 Å². The maximum absolute atomic E-state index is 14.8. The molecule has 2 aromatic carbocycles. The number of fused-ring (bicyclic) bond motifs is 2.